The summed E-state index contributed by atoms with van der Waals surface area (Å²) < 4.78 is 24.3. The predicted octanol–water partition coefficient (Wildman–Crippen LogP) is 1.10. The van der Waals surface area contributed by atoms with Gasteiger partial charge in [-0.25, -0.2) is 8.42 Å². The number of hydrogen-bond acceptors (Lipinski definition) is 4. The van der Waals surface area contributed by atoms with Gasteiger partial charge in [0.2, 0.25) is 0 Å². The van der Waals surface area contributed by atoms with Crippen LogP contribution >= 0.6 is 0 Å². The van der Waals surface area contributed by atoms with Crippen molar-refractivity contribution in [2.45, 2.75) is 30.3 Å². The molecule has 2 aliphatic rings. The molecular weight excluding hydrogens is 266 g/mol. The molecule has 1 fully saturated rings. The number of benzene rings is 1. The number of carboxylic acid groups (broad SMARTS) is 1. The molecule has 1 aromatic carbocycles. The minimum atomic E-state index is -3.23. The molecule has 1 aliphatic heterocycles. The fourth-order valence-electron chi connectivity index (χ4n) is 2.44. The Bertz CT molecular complexity index is 634. The third kappa shape index (κ3) is 2.37. The van der Waals surface area contributed by atoms with Gasteiger partial charge >= 0.3 is 5.97 Å². The molecule has 6 heteroatoms. The number of hydrogen-bond donors (Lipinski definition) is 2. The van der Waals surface area contributed by atoms with Crippen LogP contribution in [0, 0.1) is 5.92 Å². The number of aliphatic carboxylic acids is 1. The molecule has 1 aliphatic carbocycles. The maximum Gasteiger partial charge on any atom is 0.325 e. The van der Waals surface area contributed by atoms with E-state index in [2.05, 4.69) is 5.32 Å². The molecule has 0 unspecified atom stereocenters. The van der Waals surface area contributed by atoms with Crippen molar-refractivity contribution in [3.63, 3.8) is 0 Å². The van der Waals surface area contributed by atoms with Gasteiger partial charge in [-0.1, -0.05) is 6.07 Å². The molecule has 0 spiro atoms. The maximum atomic E-state index is 12.2. The van der Waals surface area contributed by atoms with Crippen LogP contribution in [-0.4, -0.2) is 25.2 Å². The van der Waals surface area contributed by atoms with Crippen LogP contribution in [0.4, 0.5) is 0 Å². The highest BCUT2D eigenvalue weighted by Gasteiger charge is 2.32. The SMILES string of the molecule is O=C(O)[C@H]1NCc2cc(S(=O)(=O)CC3CC3)ccc21. The Morgan fingerprint density at radius 3 is 2.74 bits per heavy atom. The standard InChI is InChI=1S/C13H15NO4S/c15-13(16)12-11-4-3-10(5-9(11)6-14-12)19(17,18)7-8-1-2-8/h3-5,8,12,14H,1-2,6-7H2,(H,15,16)/t12-/m0/s1. The lowest BCUT2D eigenvalue weighted by Crippen LogP contribution is -2.21. The van der Waals surface area contributed by atoms with Gasteiger partial charge in [0.25, 0.3) is 0 Å². The molecule has 0 aromatic heterocycles. The highest BCUT2D eigenvalue weighted by molar-refractivity contribution is 7.91. The minimum Gasteiger partial charge on any atom is -0.480 e. The first-order valence-corrected chi connectivity index (χ1v) is 7.94. The maximum absolute atomic E-state index is 12.2. The molecule has 102 valence electrons. The average Bonchev–Trinajstić information content (AvgIpc) is 3.04. The van der Waals surface area contributed by atoms with Crippen molar-refractivity contribution in [3.8, 4) is 0 Å². The van der Waals surface area contributed by atoms with E-state index in [1.54, 1.807) is 12.1 Å². The van der Waals surface area contributed by atoms with E-state index in [1.807, 2.05) is 0 Å². The zero-order valence-electron chi connectivity index (χ0n) is 10.3. The molecule has 3 rings (SSSR count). The van der Waals surface area contributed by atoms with E-state index < -0.39 is 21.8 Å². The van der Waals surface area contributed by atoms with Crippen molar-refractivity contribution in [1.29, 1.82) is 0 Å². The van der Waals surface area contributed by atoms with Crippen LogP contribution in [0.15, 0.2) is 23.1 Å². The van der Waals surface area contributed by atoms with Crippen LogP contribution in [0.1, 0.15) is 30.0 Å². The van der Waals surface area contributed by atoms with Crippen LogP contribution in [0.2, 0.25) is 0 Å². The van der Waals surface area contributed by atoms with Crippen LogP contribution in [0.5, 0.6) is 0 Å². The van der Waals surface area contributed by atoms with Crippen molar-refractivity contribution in [2.75, 3.05) is 5.75 Å². The summed E-state index contributed by atoms with van der Waals surface area (Å²) in [4.78, 5) is 11.3. The van der Waals surface area contributed by atoms with Gasteiger partial charge in [-0.2, -0.15) is 0 Å². The summed E-state index contributed by atoms with van der Waals surface area (Å²) in [5.74, 6) is -0.419. The number of nitrogens with one attached hydrogen (secondary N) is 1. The summed E-state index contributed by atoms with van der Waals surface area (Å²) in [6.45, 7) is 0.402. The summed E-state index contributed by atoms with van der Waals surface area (Å²) in [6.07, 6.45) is 1.99. The van der Waals surface area contributed by atoms with E-state index in [0.717, 1.165) is 18.4 Å². The number of rotatable bonds is 4. The van der Waals surface area contributed by atoms with Crippen molar-refractivity contribution < 1.29 is 18.3 Å². The molecule has 2 N–H and O–H groups in total. The number of carboxylic acids is 1. The second-order valence-corrected chi connectivity index (χ2v) is 7.27. The smallest absolute Gasteiger partial charge is 0.325 e. The quantitative estimate of drug-likeness (QED) is 0.863. The van der Waals surface area contributed by atoms with Gasteiger partial charge in [0, 0.05) is 6.54 Å². The Morgan fingerprint density at radius 1 is 1.37 bits per heavy atom. The largest absolute Gasteiger partial charge is 0.480 e. The fraction of sp³-hybridized carbons (Fsp3) is 0.462. The van der Waals surface area contributed by atoms with Crippen molar-refractivity contribution in [3.05, 3.63) is 29.3 Å². The average molecular weight is 281 g/mol. The summed E-state index contributed by atoms with van der Waals surface area (Å²) >= 11 is 0. The first-order valence-electron chi connectivity index (χ1n) is 6.29. The Balaban J connectivity index is 1.92. The normalized spacial score (nSPS) is 22.2. The zero-order valence-corrected chi connectivity index (χ0v) is 11.1. The monoisotopic (exact) mass is 281 g/mol. The topological polar surface area (TPSA) is 83.5 Å². The van der Waals surface area contributed by atoms with E-state index in [4.69, 9.17) is 5.11 Å². The van der Waals surface area contributed by atoms with Crippen LogP contribution in [-0.2, 0) is 21.2 Å². The Morgan fingerprint density at radius 2 is 2.11 bits per heavy atom. The van der Waals surface area contributed by atoms with Crippen LogP contribution < -0.4 is 5.32 Å². The molecule has 1 aromatic rings. The summed E-state index contributed by atoms with van der Waals surface area (Å²) in [6, 6.07) is 4.03. The molecule has 5 nitrogen and oxygen atoms in total. The van der Waals surface area contributed by atoms with Gasteiger partial charge in [0.05, 0.1) is 10.6 Å². The molecule has 0 amide bonds. The van der Waals surface area contributed by atoms with Gasteiger partial charge in [-0.05, 0) is 42.0 Å². The highest BCUT2D eigenvalue weighted by atomic mass is 32.2. The lowest BCUT2D eigenvalue weighted by atomic mass is 10.1. The first-order chi connectivity index (χ1) is 8.97. The number of carbonyl (C=O) groups is 1. The van der Waals surface area contributed by atoms with E-state index in [9.17, 15) is 13.2 Å². The second-order valence-electron chi connectivity index (χ2n) is 5.24. The van der Waals surface area contributed by atoms with Crippen molar-refractivity contribution in [2.24, 2.45) is 5.92 Å². The zero-order chi connectivity index (χ0) is 13.6. The van der Waals surface area contributed by atoms with Crippen LogP contribution in [0.25, 0.3) is 0 Å². The molecule has 1 saturated carbocycles. The Labute approximate surface area is 111 Å². The Hall–Kier alpha value is -1.40. The number of sulfone groups is 1. The molecule has 19 heavy (non-hydrogen) atoms. The number of fused-ring (bicyclic) bond motifs is 1. The van der Waals surface area contributed by atoms with E-state index in [0.29, 0.717) is 22.9 Å². The van der Waals surface area contributed by atoms with E-state index >= 15 is 0 Å². The van der Waals surface area contributed by atoms with Crippen LogP contribution in [0.3, 0.4) is 0 Å². The molecular formula is C13H15NO4S. The third-order valence-electron chi connectivity index (χ3n) is 3.68. The summed E-state index contributed by atoms with van der Waals surface area (Å²) in [5.41, 5.74) is 1.43. The lowest BCUT2D eigenvalue weighted by molar-refractivity contribution is -0.139. The van der Waals surface area contributed by atoms with Gasteiger partial charge in [0.15, 0.2) is 9.84 Å². The summed E-state index contributed by atoms with van der Waals surface area (Å²) in [5, 5.41) is 11.9. The van der Waals surface area contributed by atoms with Crippen molar-refractivity contribution in [1.82, 2.24) is 5.32 Å². The molecule has 1 atom stereocenters. The van der Waals surface area contributed by atoms with Gasteiger partial charge in [-0.15, -0.1) is 0 Å². The van der Waals surface area contributed by atoms with Gasteiger partial charge in [-0.3, -0.25) is 10.1 Å². The third-order valence-corrected chi connectivity index (χ3v) is 5.56. The molecule has 1 heterocycles. The predicted molar refractivity (Wildman–Crippen MR) is 68.4 cm³/mol. The van der Waals surface area contributed by atoms with E-state index in [1.165, 1.54) is 6.07 Å². The second kappa shape index (κ2) is 4.31. The first kappa shape index (κ1) is 12.6. The van der Waals surface area contributed by atoms with Gasteiger partial charge in [0.1, 0.15) is 6.04 Å². The highest BCUT2D eigenvalue weighted by Crippen LogP contribution is 2.33. The fourth-order valence-corrected chi connectivity index (χ4v) is 4.19. The Kier molecular flexibility index (Phi) is 2.87. The minimum absolute atomic E-state index is 0.210. The van der Waals surface area contributed by atoms with Gasteiger partial charge < -0.3 is 5.11 Å². The van der Waals surface area contributed by atoms with E-state index in [-0.39, 0.29) is 5.75 Å². The molecule has 0 radical (unpaired) electrons. The van der Waals surface area contributed by atoms with Crippen molar-refractivity contribution >= 4 is 15.8 Å². The molecule has 0 bridgehead atoms. The summed E-state index contributed by atoms with van der Waals surface area (Å²) in [7, 11) is -3.23. The molecule has 0 saturated heterocycles. The lowest BCUT2D eigenvalue weighted by Gasteiger charge is -2.08.